The van der Waals surface area contributed by atoms with Crippen LogP contribution in [0, 0.1) is 0 Å². The van der Waals surface area contributed by atoms with E-state index in [1.807, 2.05) is 0 Å². The maximum absolute atomic E-state index is 5.93. The smallest absolute Gasteiger partial charge is 0.158 e. The molecule has 1 aliphatic rings. The summed E-state index contributed by atoms with van der Waals surface area (Å²) in [5.74, 6) is 2.60. The molecule has 1 aromatic heterocycles. The predicted octanol–water partition coefficient (Wildman–Crippen LogP) is 2.48. The molecule has 0 bridgehead atoms. The normalized spacial score (nSPS) is 17.8. The van der Waals surface area contributed by atoms with Gasteiger partial charge in [0.25, 0.3) is 0 Å². The predicted molar refractivity (Wildman–Crippen MR) is 68.9 cm³/mol. The lowest BCUT2D eigenvalue weighted by molar-refractivity contribution is 0.383. The topological polar surface area (TPSA) is 67.6 Å². The van der Waals surface area contributed by atoms with Crippen LogP contribution in [0.25, 0.3) is 0 Å². The Balaban J connectivity index is 2.21. The number of H-pyrrole nitrogens is 1. The van der Waals surface area contributed by atoms with Crippen LogP contribution in [0.1, 0.15) is 69.9 Å². The summed E-state index contributed by atoms with van der Waals surface area (Å²) in [6.07, 6.45) is 7.16. The Hall–Kier alpha value is -0.900. The zero-order chi connectivity index (χ0) is 12.3. The number of nitrogens with zero attached hydrogens (tertiary/aromatic N) is 2. The quantitative estimate of drug-likeness (QED) is 0.825. The second kappa shape index (κ2) is 5.17. The van der Waals surface area contributed by atoms with Crippen LogP contribution in [0.4, 0.5) is 0 Å². The van der Waals surface area contributed by atoms with E-state index in [9.17, 15) is 0 Å². The Kier molecular flexibility index (Phi) is 3.82. The van der Waals surface area contributed by atoms with Crippen LogP contribution >= 0.6 is 0 Å². The van der Waals surface area contributed by atoms with Crippen LogP contribution in [0.5, 0.6) is 0 Å². The molecule has 4 heteroatoms. The molecular weight excluding hydrogens is 212 g/mol. The maximum Gasteiger partial charge on any atom is 0.158 e. The van der Waals surface area contributed by atoms with E-state index in [0.29, 0.717) is 12.5 Å². The molecule has 1 heterocycles. The second-order valence-corrected chi connectivity index (χ2v) is 5.22. The Morgan fingerprint density at radius 3 is 2.47 bits per heavy atom. The fourth-order valence-corrected chi connectivity index (χ4v) is 2.84. The summed E-state index contributed by atoms with van der Waals surface area (Å²) in [5, 5.41) is 7.57. The Bertz CT molecular complexity index is 340. The highest BCUT2D eigenvalue weighted by atomic mass is 15.2. The standard InChI is InChI=1S/C13H24N4/c1-3-13(4-2,9-14)12-15-11(16-17-12)10-7-5-6-8-10/h10H,3-9,14H2,1-2H3,(H,15,16,17). The molecule has 1 saturated carbocycles. The van der Waals surface area contributed by atoms with Gasteiger partial charge < -0.3 is 5.73 Å². The Morgan fingerprint density at radius 1 is 1.29 bits per heavy atom. The monoisotopic (exact) mass is 236 g/mol. The first kappa shape index (κ1) is 12.6. The molecule has 0 spiro atoms. The van der Waals surface area contributed by atoms with Crippen molar-refractivity contribution in [3.8, 4) is 0 Å². The summed E-state index contributed by atoms with van der Waals surface area (Å²) < 4.78 is 0. The van der Waals surface area contributed by atoms with Gasteiger partial charge in [-0.2, -0.15) is 5.10 Å². The lowest BCUT2D eigenvalue weighted by Gasteiger charge is -2.26. The second-order valence-electron chi connectivity index (χ2n) is 5.22. The highest BCUT2D eigenvalue weighted by Crippen LogP contribution is 2.34. The van der Waals surface area contributed by atoms with E-state index >= 15 is 0 Å². The highest BCUT2D eigenvalue weighted by Gasteiger charge is 2.32. The average molecular weight is 236 g/mol. The summed E-state index contributed by atoms with van der Waals surface area (Å²) in [6.45, 7) is 4.96. The SMILES string of the molecule is CCC(CC)(CN)c1n[nH]c(C2CCCC2)n1. The lowest BCUT2D eigenvalue weighted by Crippen LogP contribution is -2.35. The summed E-state index contributed by atoms with van der Waals surface area (Å²) in [5.41, 5.74) is 5.90. The number of hydrogen-bond donors (Lipinski definition) is 2. The Labute approximate surface area is 103 Å². The first-order valence-corrected chi connectivity index (χ1v) is 6.88. The number of aromatic amines is 1. The zero-order valence-corrected chi connectivity index (χ0v) is 11.0. The maximum atomic E-state index is 5.93. The van der Waals surface area contributed by atoms with Crippen molar-refractivity contribution in [2.24, 2.45) is 5.73 Å². The third kappa shape index (κ3) is 2.23. The van der Waals surface area contributed by atoms with Gasteiger partial charge in [0.15, 0.2) is 5.82 Å². The number of nitrogens with one attached hydrogen (secondary N) is 1. The van der Waals surface area contributed by atoms with E-state index in [1.54, 1.807) is 0 Å². The molecule has 1 aliphatic carbocycles. The fourth-order valence-electron chi connectivity index (χ4n) is 2.84. The van der Waals surface area contributed by atoms with Crippen molar-refractivity contribution in [1.29, 1.82) is 0 Å². The molecule has 0 radical (unpaired) electrons. The Morgan fingerprint density at radius 2 is 1.94 bits per heavy atom. The van der Waals surface area contributed by atoms with Crippen molar-refractivity contribution in [1.82, 2.24) is 15.2 Å². The molecule has 0 aliphatic heterocycles. The molecule has 3 N–H and O–H groups in total. The number of rotatable bonds is 5. The van der Waals surface area contributed by atoms with Gasteiger partial charge in [0.05, 0.1) is 0 Å². The number of hydrogen-bond acceptors (Lipinski definition) is 3. The van der Waals surface area contributed by atoms with Gasteiger partial charge in [-0.05, 0) is 25.7 Å². The molecule has 0 atom stereocenters. The third-order valence-electron chi connectivity index (χ3n) is 4.46. The van der Waals surface area contributed by atoms with Crippen molar-refractivity contribution >= 4 is 0 Å². The van der Waals surface area contributed by atoms with Crippen molar-refractivity contribution in [2.45, 2.75) is 63.7 Å². The van der Waals surface area contributed by atoms with E-state index < -0.39 is 0 Å². The van der Waals surface area contributed by atoms with Crippen LogP contribution in [0.3, 0.4) is 0 Å². The largest absolute Gasteiger partial charge is 0.329 e. The molecular formula is C13H24N4. The van der Waals surface area contributed by atoms with E-state index in [1.165, 1.54) is 25.7 Å². The summed E-state index contributed by atoms with van der Waals surface area (Å²) in [6, 6.07) is 0. The van der Waals surface area contributed by atoms with Gasteiger partial charge in [0.1, 0.15) is 5.82 Å². The molecule has 0 saturated heterocycles. The first-order chi connectivity index (χ1) is 8.25. The van der Waals surface area contributed by atoms with Gasteiger partial charge in [-0.1, -0.05) is 26.7 Å². The van der Waals surface area contributed by atoms with Crippen LogP contribution in [-0.4, -0.2) is 21.7 Å². The molecule has 4 nitrogen and oxygen atoms in total. The van der Waals surface area contributed by atoms with Gasteiger partial charge in [-0.25, -0.2) is 4.98 Å². The van der Waals surface area contributed by atoms with Gasteiger partial charge in [0, 0.05) is 17.9 Å². The highest BCUT2D eigenvalue weighted by molar-refractivity contribution is 5.10. The number of aromatic nitrogens is 3. The van der Waals surface area contributed by atoms with Crippen LogP contribution in [-0.2, 0) is 5.41 Å². The lowest BCUT2D eigenvalue weighted by atomic mass is 9.82. The molecule has 2 rings (SSSR count). The van der Waals surface area contributed by atoms with E-state index in [-0.39, 0.29) is 5.41 Å². The minimum absolute atomic E-state index is 0.0344. The van der Waals surface area contributed by atoms with E-state index in [4.69, 9.17) is 10.7 Å². The minimum Gasteiger partial charge on any atom is -0.329 e. The van der Waals surface area contributed by atoms with Crippen molar-refractivity contribution in [3.05, 3.63) is 11.6 Å². The van der Waals surface area contributed by atoms with Crippen molar-refractivity contribution < 1.29 is 0 Å². The first-order valence-electron chi connectivity index (χ1n) is 6.88. The van der Waals surface area contributed by atoms with Crippen LogP contribution < -0.4 is 5.73 Å². The van der Waals surface area contributed by atoms with Crippen molar-refractivity contribution in [3.63, 3.8) is 0 Å². The van der Waals surface area contributed by atoms with Gasteiger partial charge in [-0.3, -0.25) is 5.10 Å². The van der Waals surface area contributed by atoms with Gasteiger partial charge >= 0.3 is 0 Å². The molecule has 96 valence electrons. The van der Waals surface area contributed by atoms with Crippen LogP contribution in [0.15, 0.2) is 0 Å². The number of nitrogens with two attached hydrogens (primary N) is 1. The fraction of sp³-hybridized carbons (Fsp3) is 0.846. The summed E-state index contributed by atoms with van der Waals surface area (Å²) in [7, 11) is 0. The summed E-state index contributed by atoms with van der Waals surface area (Å²) >= 11 is 0. The van der Waals surface area contributed by atoms with E-state index in [2.05, 4.69) is 24.0 Å². The zero-order valence-electron chi connectivity index (χ0n) is 11.0. The minimum atomic E-state index is -0.0344. The molecule has 0 amide bonds. The average Bonchev–Trinajstić information content (AvgIpc) is 3.03. The van der Waals surface area contributed by atoms with Gasteiger partial charge in [0.2, 0.25) is 0 Å². The molecule has 0 unspecified atom stereocenters. The molecule has 1 aromatic rings. The van der Waals surface area contributed by atoms with Crippen LogP contribution in [0.2, 0.25) is 0 Å². The summed E-state index contributed by atoms with van der Waals surface area (Å²) in [4.78, 5) is 4.73. The molecule has 1 fully saturated rings. The van der Waals surface area contributed by atoms with E-state index in [0.717, 1.165) is 24.5 Å². The molecule has 17 heavy (non-hydrogen) atoms. The molecule has 0 aromatic carbocycles. The van der Waals surface area contributed by atoms with Gasteiger partial charge in [-0.15, -0.1) is 0 Å². The third-order valence-corrected chi connectivity index (χ3v) is 4.46. The van der Waals surface area contributed by atoms with Crippen molar-refractivity contribution in [2.75, 3.05) is 6.54 Å².